The lowest BCUT2D eigenvalue weighted by molar-refractivity contribution is 0.0940. The Morgan fingerprint density at radius 1 is 1.43 bits per heavy atom. The number of nitrogens with one attached hydrogen (secondary N) is 1. The Morgan fingerprint density at radius 3 is 2.81 bits per heavy atom. The van der Waals surface area contributed by atoms with Crippen molar-refractivity contribution >= 4 is 17.2 Å². The summed E-state index contributed by atoms with van der Waals surface area (Å²) in [4.78, 5) is 12.9. The zero-order chi connectivity index (χ0) is 15.2. The van der Waals surface area contributed by atoms with Gasteiger partial charge in [-0.15, -0.1) is 11.3 Å². The van der Waals surface area contributed by atoms with Crippen LogP contribution in [0.4, 0.5) is 4.39 Å². The van der Waals surface area contributed by atoms with Crippen LogP contribution >= 0.6 is 11.3 Å². The second-order valence-electron chi connectivity index (χ2n) is 4.45. The van der Waals surface area contributed by atoms with Gasteiger partial charge in [-0.25, -0.2) is 4.39 Å². The molecule has 1 amide bonds. The second-order valence-corrected chi connectivity index (χ2v) is 5.36. The summed E-state index contributed by atoms with van der Waals surface area (Å²) in [7, 11) is 0. The molecule has 3 nitrogen and oxygen atoms in total. The molecule has 0 bridgehead atoms. The topological polar surface area (TPSA) is 55.1 Å². The Labute approximate surface area is 127 Å². The lowest BCUT2D eigenvalue weighted by atomic mass is 10.1. The maximum atomic E-state index is 12.9. The van der Waals surface area contributed by atoms with E-state index in [-0.39, 0.29) is 17.8 Å². The first kappa shape index (κ1) is 15.2. The monoisotopic (exact) mass is 302 g/mol. The summed E-state index contributed by atoms with van der Waals surface area (Å²) in [5.41, 5.74) is 6.72. The van der Waals surface area contributed by atoms with Crippen molar-refractivity contribution in [1.29, 1.82) is 0 Å². The molecule has 1 unspecified atom stereocenters. The third-order valence-electron chi connectivity index (χ3n) is 2.89. The Kier molecular flexibility index (Phi) is 5.09. The molecule has 1 heterocycles. The number of carbonyl (C=O) groups is 1. The zero-order valence-electron chi connectivity index (χ0n) is 11.5. The predicted molar refractivity (Wildman–Crippen MR) is 82.5 cm³/mol. The van der Waals surface area contributed by atoms with Gasteiger partial charge in [0.15, 0.2) is 0 Å². The van der Waals surface area contributed by atoms with Gasteiger partial charge in [0, 0.05) is 5.38 Å². The summed E-state index contributed by atoms with van der Waals surface area (Å²) >= 11 is 1.40. The minimum atomic E-state index is -0.293. The maximum Gasteiger partial charge on any atom is 0.252 e. The number of nitrogens with two attached hydrogens (primary N) is 1. The van der Waals surface area contributed by atoms with Crippen molar-refractivity contribution in [3.05, 3.63) is 57.5 Å². The molecule has 21 heavy (non-hydrogen) atoms. The van der Waals surface area contributed by atoms with Crippen molar-refractivity contribution < 1.29 is 9.18 Å². The molecule has 2 rings (SSSR count). The molecule has 108 valence electrons. The van der Waals surface area contributed by atoms with Crippen LogP contribution in [0.15, 0.2) is 35.7 Å². The first-order valence-electron chi connectivity index (χ1n) is 6.44. The fraction of sp³-hybridized carbons (Fsp3) is 0.188. The van der Waals surface area contributed by atoms with E-state index < -0.39 is 0 Å². The van der Waals surface area contributed by atoms with Gasteiger partial charge >= 0.3 is 0 Å². The van der Waals surface area contributed by atoms with Crippen LogP contribution in [-0.2, 0) is 0 Å². The standard InChI is InChI=1S/C16H15FN2OS/c1-11(12-4-6-14(17)7-5-12)19-16(20)13-9-15(21-10-13)3-2-8-18/h4-7,9-11H,8,18H2,1H3,(H,19,20). The highest BCUT2D eigenvalue weighted by Crippen LogP contribution is 2.17. The molecule has 0 aliphatic heterocycles. The average molecular weight is 302 g/mol. The minimum absolute atomic E-state index is 0.177. The third-order valence-corrected chi connectivity index (χ3v) is 3.74. The SMILES string of the molecule is CC(NC(=O)c1csc(C#CCN)c1)c1ccc(F)cc1. The highest BCUT2D eigenvalue weighted by molar-refractivity contribution is 7.10. The molecule has 0 radical (unpaired) electrons. The Balaban J connectivity index is 2.03. The number of rotatable bonds is 3. The fourth-order valence-corrected chi connectivity index (χ4v) is 2.53. The van der Waals surface area contributed by atoms with Crippen molar-refractivity contribution in [3.8, 4) is 11.8 Å². The van der Waals surface area contributed by atoms with Gasteiger partial charge in [0.1, 0.15) is 5.82 Å². The van der Waals surface area contributed by atoms with Gasteiger partial charge in [0.2, 0.25) is 0 Å². The van der Waals surface area contributed by atoms with Crippen molar-refractivity contribution in [2.75, 3.05) is 6.54 Å². The normalized spacial score (nSPS) is 11.4. The summed E-state index contributed by atoms with van der Waals surface area (Å²) < 4.78 is 12.9. The van der Waals surface area contributed by atoms with E-state index in [4.69, 9.17) is 5.73 Å². The summed E-state index contributed by atoms with van der Waals surface area (Å²) in [6.07, 6.45) is 0. The summed E-state index contributed by atoms with van der Waals surface area (Å²) in [6.45, 7) is 2.15. The van der Waals surface area contributed by atoms with E-state index in [1.807, 2.05) is 6.92 Å². The molecule has 0 fully saturated rings. The smallest absolute Gasteiger partial charge is 0.252 e. The molecule has 0 saturated carbocycles. The first-order chi connectivity index (χ1) is 10.1. The number of hydrogen-bond acceptors (Lipinski definition) is 3. The fourth-order valence-electron chi connectivity index (χ4n) is 1.77. The second kappa shape index (κ2) is 7.02. The van der Waals surface area contributed by atoms with Crippen LogP contribution in [0.2, 0.25) is 0 Å². The molecule has 3 N–H and O–H groups in total. The summed E-state index contributed by atoms with van der Waals surface area (Å²) in [5, 5.41) is 4.63. The van der Waals surface area contributed by atoms with Crippen molar-refractivity contribution in [2.45, 2.75) is 13.0 Å². The Morgan fingerprint density at radius 2 is 2.14 bits per heavy atom. The zero-order valence-corrected chi connectivity index (χ0v) is 12.3. The van der Waals surface area contributed by atoms with Crippen LogP contribution in [0.5, 0.6) is 0 Å². The number of hydrogen-bond donors (Lipinski definition) is 2. The Hall–Kier alpha value is -2.16. The first-order valence-corrected chi connectivity index (χ1v) is 7.32. The third kappa shape index (κ3) is 4.15. The van der Waals surface area contributed by atoms with E-state index >= 15 is 0 Å². The lowest BCUT2D eigenvalue weighted by Crippen LogP contribution is -2.26. The molecule has 0 saturated heterocycles. The van der Waals surface area contributed by atoms with Crippen molar-refractivity contribution in [2.24, 2.45) is 5.73 Å². The molecule has 1 atom stereocenters. The van der Waals surface area contributed by atoms with Gasteiger partial charge in [0.25, 0.3) is 5.91 Å². The van der Waals surface area contributed by atoms with Crippen LogP contribution in [0.3, 0.4) is 0 Å². The highest BCUT2D eigenvalue weighted by atomic mass is 32.1. The molecular formula is C16H15FN2OS. The van der Waals surface area contributed by atoms with Gasteiger partial charge in [-0.3, -0.25) is 4.79 Å². The number of thiophene rings is 1. The Bertz CT molecular complexity index is 682. The van der Waals surface area contributed by atoms with Crippen LogP contribution < -0.4 is 11.1 Å². The highest BCUT2D eigenvalue weighted by Gasteiger charge is 2.12. The van der Waals surface area contributed by atoms with E-state index in [9.17, 15) is 9.18 Å². The van der Waals surface area contributed by atoms with E-state index in [0.29, 0.717) is 12.1 Å². The van der Waals surface area contributed by atoms with Gasteiger partial charge in [0.05, 0.1) is 23.0 Å². The lowest BCUT2D eigenvalue weighted by Gasteiger charge is -2.13. The van der Waals surface area contributed by atoms with Crippen LogP contribution in [0, 0.1) is 17.7 Å². The van der Waals surface area contributed by atoms with Crippen molar-refractivity contribution in [3.63, 3.8) is 0 Å². The minimum Gasteiger partial charge on any atom is -0.345 e. The average Bonchev–Trinajstić information content (AvgIpc) is 2.94. The largest absolute Gasteiger partial charge is 0.345 e. The molecule has 5 heteroatoms. The summed E-state index contributed by atoms with van der Waals surface area (Å²) in [6, 6.07) is 7.61. The van der Waals surface area contributed by atoms with E-state index in [2.05, 4.69) is 17.2 Å². The van der Waals surface area contributed by atoms with E-state index in [1.54, 1.807) is 23.6 Å². The van der Waals surface area contributed by atoms with Crippen LogP contribution in [-0.4, -0.2) is 12.5 Å². The number of carbonyl (C=O) groups excluding carboxylic acids is 1. The number of halogens is 1. The van der Waals surface area contributed by atoms with Crippen LogP contribution in [0.1, 0.15) is 33.8 Å². The molecule has 2 aromatic rings. The quantitative estimate of drug-likeness (QED) is 0.857. The van der Waals surface area contributed by atoms with Crippen molar-refractivity contribution in [1.82, 2.24) is 5.32 Å². The molecule has 1 aromatic heterocycles. The van der Waals surface area contributed by atoms with E-state index in [0.717, 1.165) is 10.4 Å². The van der Waals surface area contributed by atoms with Crippen LogP contribution in [0.25, 0.3) is 0 Å². The molecule has 0 spiro atoms. The van der Waals surface area contributed by atoms with Gasteiger partial charge in [-0.05, 0) is 30.7 Å². The number of benzene rings is 1. The molecule has 1 aromatic carbocycles. The molecule has 0 aliphatic carbocycles. The predicted octanol–water partition coefficient (Wildman–Crippen LogP) is 2.69. The number of amides is 1. The van der Waals surface area contributed by atoms with Gasteiger partial charge in [-0.2, -0.15) is 0 Å². The molecular weight excluding hydrogens is 287 g/mol. The maximum absolute atomic E-state index is 12.9. The molecule has 0 aliphatic rings. The van der Waals surface area contributed by atoms with Gasteiger partial charge in [-0.1, -0.05) is 24.0 Å². The van der Waals surface area contributed by atoms with E-state index in [1.165, 1.54) is 23.5 Å². The summed E-state index contributed by atoms with van der Waals surface area (Å²) in [5.74, 6) is 5.17. The van der Waals surface area contributed by atoms with Gasteiger partial charge < -0.3 is 11.1 Å².